The van der Waals surface area contributed by atoms with Crippen LogP contribution in [-0.4, -0.2) is 11.5 Å². The van der Waals surface area contributed by atoms with Gasteiger partial charge in [-0.15, -0.1) is 0 Å². The summed E-state index contributed by atoms with van der Waals surface area (Å²) in [5.41, 5.74) is 1.58. The molecule has 108 valence electrons. The highest BCUT2D eigenvalue weighted by molar-refractivity contribution is 5.86. The van der Waals surface area contributed by atoms with Crippen molar-refractivity contribution in [3.63, 3.8) is 0 Å². The molecule has 21 heavy (non-hydrogen) atoms. The summed E-state index contributed by atoms with van der Waals surface area (Å²) in [4.78, 5) is 4.63. The average Bonchev–Trinajstić information content (AvgIpc) is 2.53. The molecule has 1 N–H and O–H groups in total. The van der Waals surface area contributed by atoms with Crippen molar-refractivity contribution in [2.75, 3.05) is 11.9 Å². The van der Waals surface area contributed by atoms with Crippen LogP contribution in [0.4, 0.5) is 5.82 Å². The summed E-state index contributed by atoms with van der Waals surface area (Å²) in [5.74, 6) is 2.32. The lowest BCUT2D eigenvalue weighted by Crippen LogP contribution is -2.24. The molecule has 2 aromatic rings. The van der Waals surface area contributed by atoms with Crippen LogP contribution in [0.1, 0.15) is 38.2 Å². The average molecular weight is 279 g/mol. The number of nitrogens with zero attached hydrogens (tertiary/aromatic N) is 2. The van der Waals surface area contributed by atoms with Crippen LogP contribution >= 0.6 is 0 Å². The number of pyridine rings is 1. The van der Waals surface area contributed by atoms with E-state index in [1.54, 1.807) is 0 Å². The van der Waals surface area contributed by atoms with Crippen molar-refractivity contribution in [3.8, 4) is 6.07 Å². The number of anilines is 1. The van der Waals surface area contributed by atoms with E-state index >= 15 is 0 Å². The fourth-order valence-corrected chi connectivity index (χ4v) is 3.29. The molecule has 1 aliphatic rings. The monoisotopic (exact) mass is 279 g/mol. The maximum absolute atomic E-state index is 9.31. The van der Waals surface area contributed by atoms with Gasteiger partial charge in [0, 0.05) is 11.9 Å². The smallest absolute Gasteiger partial charge is 0.127 e. The van der Waals surface area contributed by atoms with Gasteiger partial charge in [-0.25, -0.2) is 4.98 Å². The van der Waals surface area contributed by atoms with Crippen LogP contribution in [0.15, 0.2) is 30.3 Å². The van der Waals surface area contributed by atoms with E-state index in [0.717, 1.165) is 35.1 Å². The molecule has 1 fully saturated rings. The summed E-state index contributed by atoms with van der Waals surface area (Å²) < 4.78 is 0. The van der Waals surface area contributed by atoms with Crippen LogP contribution in [0.3, 0.4) is 0 Å². The van der Waals surface area contributed by atoms with Gasteiger partial charge in [-0.05, 0) is 30.4 Å². The molecule has 0 spiro atoms. The lowest BCUT2D eigenvalue weighted by atomic mass is 9.80. The van der Waals surface area contributed by atoms with E-state index in [-0.39, 0.29) is 0 Å². The van der Waals surface area contributed by atoms with Gasteiger partial charge in [0.25, 0.3) is 0 Å². The Morgan fingerprint density at radius 3 is 2.90 bits per heavy atom. The van der Waals surface area contributed by atoms with Crippen molar-refractivity contribution in [1.82, 2.24) is 4.98 Å². The van der Waals surface area contributed by atoms with E-state index in [9.17, 15) is 5.26 Å². The van der Waals surface area contributed by atoms with Crippen molar-refractivity contribution in [3.05, 3.63) is 35.9 Å². The standard InChI is InChI=1S/C18H21N3/c1-13-6-2-3-7-14(13)12-20-18-10-15(11-19)16-8-4-5-9-17(16)21-18/h4-5,8-10,13-14H,2-3,6-7,12H2,1H3,(H,20,21). The van der Waals surface area contributed by atoms with Crippen LogP contribution < -0.4 is 5.32 Å². The number of nitrogens with one attached hydrogen (secondary N) is 1. The van der Waals surface area contributed by atoms with Gasteiger partial charge >= 0.3 is 0 Å². The SMILES string of the molecule is CC1CCCCC1CNc1cc(C#N)c2ccccc2n1. The Morgan fingerprint density at radius 2 is 2.10 bits per heavy atom. The molecule has 3 heteroatoms. The normalized spacial score (nSPS) is 21.9. The molecular weight excluding hydrogens is 258 g/mol. The Kier molecular flexibility index (Phi) is 4.06. The fraction of sp³-hybridized carbons (Fsp3) is 0.444. The van der Waals surface area contributed by atoms with Gasteiger partial charge in [-0.1, -0.05) is 44.4 Å². The number of nitriles is 1. The highest BCUT2D eigenvalue weighted by Gasteiger charge is 2.21. The minimum atomic E-state index is 0.694. The Labute approximate surface area is 126 Å². The van der Waals surface area contributed by atoms with Crippen molar-refractivity contribution >= 4 is 16.7 Å². The van der Waals surface area contributed by atoms with Crippen molar-refractivity contribution in [2.45, 2.75) is 32.6 Å². The van der Waals surface area contributed by atoms with Crippen LogP contribution in [0.2, 0.25) is 0 Å². The number of rotatable bonds is 3. The lowest BCUT2D eigenvalue weighted by Gasteiger charge is -2.29. The van der Waals surface area contributed by atoms with E-state index in [1.807, 2.05) is 30.3 Å². The molecule has 3 rings (SSSR count). The number of fused-ring (bicyclic) bond motifs is 1. The summed E-state index contributed by atoms with van der Waals surface area (Å²) in [7, 11) is 0. The molecular formula is C18H21N3. The number of aromatic nitrogens is 1. The first-order chi connectivity index (χ1) is 10.3. The van der Waals surface area contributed by atoms with Crippen molar-refractivity contribution in [1.29, 1.82) is 5.26 Å². The predicted molar refractivity (Wildman–Crippen MR) is 86.1 cm³/mol. The first-order valence-electron chi connectivity index (χ1n) is 7.81. The molecule has 1 aliphatic carbocycles. The number of benzene rings is 1. The molecule has 0 bridgehead atoms. The first kappa shape index (κ1) is 13.9. The molecule has 1 heterocycles. The summed E-state index contributed by atoms with van der Waals surface area (Å²) in [6, 6.07) is 12.0. The topological polar surface area (TPSA) is 48.7 Å². The lowest BCUT2D eigenvalue weighted by molar-refractivity contribution is 0.268. The van der Waals surface area contributed by atoms with Gasteiger partial charge in [0.1, 0.15) is 5.82 Å². The van der Waals surface area contributed by atoms with Gasteiger partial charge in [0.05, 0.1) is 17.1 Å². The third-order valence-electron chi connectivity index (χ3n) is 4.67. The second kappa shape index (κ2) is 6.13. The van der Waals surface area contributed by atoms with Crippen LogP contribution in [0.25, 0.3) is 10.9 Å². The third-order valence-corrected chi connectivity index (χ3v) is 4.67. The Bertz CT molecular complexity index is 672. The molecule has 1 saturated carbocycles. The summed E-state index contributed by atoms with van der Waals surface area (Å²) in [6.07, 6.45) is 5.34. The third kappa shape index (κ3) is 3.00. The second-order valence-electron chi connectivity index (χ2n) is 6.09. The zero-order valence-corrected chi connectivity index (χ0v) is 12.5. The van der Waals surface area contributed by atoms with Gasteiger partial charge in [-0.3, -0.25) is 0 Å². The van der Waals surface area contributed by atoms with E-state index in [4.69, 9.17) is 0 Å². The van der Waals surface area contributed by atoms with Crippen LogP contribution in [-0.2, 0) is 0 Å². The van der Waals surface area contributed by atoms with Gasteiger partial charge in [0.15, 0.2) is 0 Å². The zero-order valence-electron chi connectivity index (χ0n) is 12.5. The highest BCUT2D eigenvalue weighted by atomic mass is 15.0. The molecule has 2 unspecified atom stereocenters. The summed E-state index contributed by atoms with van der Waals surface area (Å²) >= 11 is 0. The quantitative estimate of drug-likeness (QED) is 0.909. The van der Waals surface area contributed by atoms with E-state index in [2.05, 4.69) is 23.3 Å². The Morgan fingerprint density at radius 1 is 1.29 bits per heavy atom. The minimum Gasteiger partial charge on any atom is -0.370 e. The molecule has 3 nitrogen and oxygen atoms in total. The molecule has 1 aromatic carbocycles. The van der Waals surface area contributed by atoms with Crippen LogP contribution in [0, 0.1) is 23.2 Å². The largest absolute Gasteiger partial charge is 0.370 e. The van der Waals surface area contributed by atoms with Crippen molar-refractivity contribution in [2.24, 2.45) is 11.8 Å². The van der Waals surface area contributed by atoms with Crippen molar-refractivity contribution < 1.29 is 0 Å². The molecule has 1 aromatic heterocycles. The Hall–Kier alpha value is -2.08. The minimum absolute atomic E-state index is 0.694. The second-order valence-corrected chi connectivity index (χ2v) is 6.09. The van der Waals surface area contributed by atoms with Crippen LogP contribution in [0.5, 0.6) is 0 Å². The number of hydrogen-bond donors (Lipinski definition) is 1. The Balaban J connectivity index is 1.79. The summed E-state index contributed by atoms with van der Waals surface area (Å²) in [6.45, 7) is 3.30. The first-order valence-corrected chi connectivity index (χ1v) is 7.81. The molecule has 0 amide bonds. The maximum Gasteiger partial charge on any atom is 0.127 e. The molecule has 0 radical (unpaired) electrons. The fourth-order valence-electron chi connectivity index (χ4n) is 3.29. The molecule has 2 atom stereocenters. The molecule has 0 aliphatic heterocycles. The number of para-hydroxylation sites is 1. The predicted octanol–water partition coefficient (Wildman–Crippen LogP) is 4.34. The molecule has 0 saturated heterocycles. The van der Waals surface area contributed by atoms with Gasteiger partial charge < -0.3 is 5.32 Å². The summed E-state index contributed by atoms with van der Waals surface area (Å²) in [5, 5.41) is 13.7. The zero-order chi connectivity index (χ0) is 14.7. The highest BCUT2D eigenvalue weighted by Crippen LogP contribution is 2.30. The van der Waals surface area contributed by atoms with Gasteiger partial charge in [-0.2, -0.15) is 5.26 Å². The maximum atomic E-state index is 9.31. The van der Waals surface area contributed by atoms with E-state index in [0.29, 0.717) is 5.56 Å². The van der Waals surface area contributed by atoms with E-state index < -0.39 is 0 Å². The van der Waals surface area contributed by atoms with Gasteiger partial charge in [0.2, 0.25) is 0 Å². The van der Waals surface area contributed by atoms with E-state index in [1.165, 1.54) is 25.7 Å². The number of hydrogen-bond acceptors (Lipinski definition) is 3.